The monoisotopic (exact) mass is 618 g/mol. The molecule has 1 amide bonds. The van der Waals surface area contributed by atoms with E-state index >= 15 is 0 Å². The number of aromatic nitrogens is 6. The number of hydrogen-bond donors (Lipinski definition) is 0. The lowest BCUT2D eigenvalue weighted by molar-refractivity contribution is -0.132. The van der Waals surface area contributed by atoms with Crippen molar-refractivity contribution < 1.29 is 14.4 Å². The van der Waals surface area contributed by atoms with Crippen LogP contribution in [0.5, 0.6) is 0 Å². The molecule has 1 atom stereocenters. The summed E-state index contributed by atoms with van der Waals surface area (Å²) in [5.41, 5.74) is 2.14. The lowest BCUT2D eigenvalue weighted by Gasteiger charge is -2.24. The molecule has 0 radical (unpaired) electrons. The van der Waals surface area contributed by atoms with E-state index in [1.54, 1.807) is 47.8 Å². The molecular formula is C29H31BrN8O3. The van der Waals surface area contributed by atoms with Gasteiger partial charge in [-0.15, -0.1) is 0 Å². The van der Waals surface area contributed by atoms with E-state index in [1.165, 1.54) is 11.6 Å². The second kappa shape index (κ2) is 11.2. The van der Waals surface area contributed by atoms with Crippen LogP contribution in [0.4, 0.5) is 0 Å². The SMILES string of the molecule is CC(=O)c1nn(CC(=O)N2CC(C)(C)C[C@H]2C(=O)c2cccc(Br)n2)c2cnc(-c3cnc(CN(C)C)nc3)cc12. The van der Waals surface area contributed by atoms with E-state index in [9.17, 15) is 14.4 Å². The van der Waals surface area contributed by atoms with E-state index < -0.39 is 6.04 Å². The van der Waals surface area contributed by atoms with Gasteiger partial charge in [0.25, 0.3) is 0 Å². The molecule has 1 aliphatic heterocycles. The smallest absolute Gasteiger partial charge is 0.244 e. The van der Waals surface area contributed by atoms with Crippen molar-refractivity contribution in [1.29, 1.82) is 0 Å². The summed E-state index contributed by atoms with van der Waals surface area (Å²) in [5.74, 6) is -0.0114. The topological polar surface area (TPSA) is 127 Å². The number of carbonyl (C=O) groups excluding carboxylic acids is 3. The fourth-order valence-electron chi connectivity index (χ4n) is 5.16. The molecule has 1 aliphatic rings. The van der Waals surface area contributed by atoms with Crippen LogP contribution in [0.25, 0.3) is 22.2 Å². The van der Waals surface area contributed by atoms with E-state index in [4.69, 9.17) is 0 Å². The summed E-state index contributed by atoms with van der Waals surface area (Å²) >= 11 is 3.32. The molecule has 4 aromatic rings. The third-order valence-corrected chi connectivity index (χ3v) is 7.47. The number of rotatable bonds is 8. The van der Waals surface area contributed by atoms with Gasteiger partial charge in [0.05, 0.1) is 30.0 Å². The van der Waals surface area contributed by atoms with Crippen molar-refractivity contribution >= 4 is 44.3 Å². The molecular weight excluding hydrogens is 588 g/mol. The maximum atomic E-state index is 13.7. The van der Waals surface area contributed by atoms with Crippen molar-refractivity contribution in [2.75, 3.05) is 20.6 Å². The normalized spacial score (nSPS) is 16.5. The zero-order valence-corrected chi connectivity index (χ0v) is 25.2. The zero-order valence-electron chi connectivity index (χ0n) is 23.6. The van der Waals surface area contributed by atoms with E-state index in [0.717, 1.165) is 0 Å². The first-order valence-corrected chi connectivity index (χ1v) is 14.0. The summed E-state index contributed by atoms with van der Waals surface area (Å²) < 4.78 is 2.05. The lowest BCUT2D eigenvalue weighted by atomic mass is 9.89. The van der Waals surface area contributed by atoms with Crippen LogP contribution >= 0.6 is 15.9 Å². The number of pyridine rings is 2. The maximum Gasteiger partial charge on any atom is 0.244 e. The summed E-state index contributed by atoms with van der Waals surface area (Å²) in [6.45, 7) is 6.40. The molecule has 212 valence electrons. The fraction of sp³-hybridized carbons (Fsp3) is 0.379. The van der Waals surface area contributed by atoms with Gasteiger partial charge in [-0.1, -0.05) is 19.9 Å². The number of ketones is 2. The minimum atomic E-state index is -0.645. The Morgan fingerprint density at radius 3 is 2.49 bits per heavy atom. The van der Waals surface area contributed by atoms with Crippen LogP contribution in [-0.2, 0) is 17.9 Å². The van der Waals surface area contributed by atoms with E-state index in [-0.39, 0.29) is 35.1 Å². The van der Waals surface area contributed by atoms with Crippen molar-refractivity contribution in [1.82, 2.24) is 39.5 Å². The van der Waals surface area contributed by atoms with Gasteiger partial charge in [-0.3, -0.25) is 24.0 Å². The largest absolute Gasteiger partial charge is 0.330 e. The van der Waals surface area contributed by atoms with E-state index in [2.05, 4.69) is 41.0 Å². The number of amides is 1. The van der Waals surface area contributed by atoms with Crippen molar-refractivity contribution in [3.8, 4) is 11.3 Å². The number of carbonyl (C=O) groups is 3. The summed E-state index contributed by atoms with van der Waals surface area (Å²) in [4.78, 5) is 61.0. The first-order valence-electron chi connectivity index (χ1n) is 13.2. The molecule has 0 saturated carbocycles. The van der Waals surface area contributed by atoms with Gasteiger partial charge in [0.1, 0.15) is 28.4 Å². The highest BCUT2D eigenvalue weighted by Crippen LogP contribution is 2.36. The second-order valence-corrected chi connectivity index (χ2v) is 12.2. The Morgan fingerprint density at radius 2 is 1.83 bits per heavy atom. The number of likely N-dealkylation sites (tertiary alicyclic amines) is 1. The Hall–Kier alpha value is -3.90. The average molecular weight is 620 g/mol. The number of halogens is 1. The Balaban J connectivity index is 1.44. The molecule has 41 heavy (non-hydrogen) atoms. The lowest BCUT2D eigenvalue weighted by Crippen LogP contribution is -2.42. The highest BCUT2D eigenvalue weighted by atomic mass is 79.9. The predicted molar refractivity (Wildman–Crippen MR) is 156 cm³/mol. The van der Waals surface area contributed by atoms with Gasteiger partial charge in [-0.05, 0) is 60.1 Å². The van der Waals surface area contributed by atoms with Crippen LogP contribution in [-0.4, -0.2) is 83.7 Å². The van der Waals surface area contributed by atoms with Crippen LogP contribution in [0.2, 0.25) is 0 Å². The Morgan fingerprint density at radius 1 is 1.10 bits per heavy atom. The van der Waals surface area contributed by atoms with Gasteiger partial charge >= 0.3 is 0 Å². The van der Waals surface area contributed by atoms with Crippen LogP contribution in [0.15, 0.2) is 47.5 Å². The molecule has 1 fully saturated rings. The van der Waals surface area contributed by atoms with E-state index in [1.807, 2.05) is 32.8 Å². The van der Waals surface area contributed by atoms with Crippen LogP contribution in [0.1, 0.15) is 54.0 Å². The minimum absolute atomic E-state index is 0.140. The summed E-state index contributed by atoms with van der Waals surface area (Å²) in [6.07, 6.45) is 5.53. The van der Waals surface area contributed by atoms with Gasteiger partial charge in [0.15, 0.2) is 5.78 Å². The molecule has 11 nitrogen and oxygen atoms in total. The average Bonchev–Trinajstić information content (AvgIpc) is 3.45. The van der Waals surface area contributed by atoms with Crippen molar-refractivity contribution in [2.45, 2.75) is 46.3 Å². The summed E-state index contributed by atoms with van der Waals surface area (Å²) in [7, 11) is 3.89. The minimum Gasteiger partial charge on any atom is -0.330 e. The van der Waals surface area contributed by atoms with Gasteiger partial charge in [0.2, 0.25) is 11.7 Å². The first-order chi connectivity index (χ1) is 19.4. The highest BCUT2D eigenvalue weighted by molar-refractivity contribution is 9.10. The fourth-order valence-corrected chi connectivity index (χ4v) is 5.51. The third-order valence-electron chi connectivity index (χ3n) is 7.03. The molecule has 4 aromatic heterocycles. The summed E-state index contributed by atoms with van der Waals surface area (Å²) in [5, 5.41) is 5.08. The molecule has 5 heterocycles. The molecule has 0 N–H and O–H groups in total. The van der Waals surface area contributed by atoms with Gasteiger partial charge in [-0.2, -0.15) is 5.10 Å². The Kier molecular flexibility index (Phi) is 7.80. The molecule has 5 rings (SSSR count). The van der Waals surface area contributed by atoms with E-state index in [0.29, 0.717) is 57.8 Å². The summed E-state index contributed by atoms with van der Waals surface area (Å²) in [6, 6.07) is 6.29. The Labute approximate surface area is 246 Å². The number of nitrogens with zero attached hydrogens (tertiary/aromatic N) is 8. The number of Topliss-reactive ketones (excluding diaryl/α,β-unsaturated/α-hetero) is 2. The predicted octanol–water partition coefficient (Wildman–Crippen LogP) is 3.82. The van der Waals surface area contributed by atoms with Crippen molar-refractivity contribution in [2.24, 2.45) is 5.41 Å². The van der Waals surface area contributed by atoms with Crippen LogP contribution in [0, 0.1) is 5.41 Å². The van der Waals surface area contributed by atoms with Crippen LogP contribution in [0.3, 0.4) is 0 Å². The quantitative estimate of drug-likeness (QED) is 0.214. The number of fused-ring (bicyclic) bond motifs is 1. The third kappa shape index (κ3) is 6.08. The second-order valence-electron chi connectivity index (χ2n) is 11.4. The van der Waals surface area contributed by atoms with Crippen LogP contribution < -0.4 is 0 Å². The maximum absolute atomic E-state index is 13.7. The molecule has 0 bridgehead atoms. The first kappa shape index (κ1) is 28.6. The Bertz CT molecular complexity index is 1650. The number of hydrogen-bond acceptors (Lipinski definition) is 9. The highest BCUT2D eigenvalue weighted by Gasteiger charge is 2.44. The zero-order chi connectivity index (χ0) is 29.5. The molecule has 0 unspecified atom stereocenters. The van der Waals surface area contributed by atoms with Gasteiger partial charge in [0, 0.05) is 36.8 Å². The molecule has 0 aromatic carbocycles. The van der Waals surface area contributed by atoms with Crippen molar-refractivity contribution in [3.05, 3.63) is 64.7 Å². The van der Waals surface area contributed by atoms with Gasteiger partial charge < -0.3 is 9.80 Å². The molecule has 0 aliphatic carbocycles. The van der Waals surface area contributed by atoms with Crippen molar-refractivity contribution in [3.63, 3.8) is 0 Å². The van der Waals surface area contributed by atoms with Gasteiger partial charge in [-0.25, -0.2) is 15.0 Å². The molecule has 0 spiro atoms. The molecule has 1 saturated heterocycles. The molecule has 12 heteroatoms. The standard InChI is InChI=1S/C29H31BrN8O3/c1-17(39)27-19-9-21(18-11-32-25(33-12-18)14-36(4)5)31-13-23(19)38(35-27)15-26(40)37-16-29(2,3)10-22(37)28(41)20-7-6-8-24(30)34-20/h6-9,11-13,22H,10,14-16H2,1-5H3/t22-/m0/s1.